The molecule has 1 saturated heterocycles. The second kappa shape index (κ2) is 6.03. The first-order chi connectivity index (χ1) is 9.67. The Morgan fingerprint density at radius 1 is 1.29 bits per heavy atom. The van der Waals surface area contributed by atoms with Gasteiger partial charge in [0.15, 0.2) is 0 Å². The highest BCUT2D eigenvalue weighted by atomic mass is 35.5. The molecule has 0 aliphatic carbocycles. The van der Waals surface area contributed by atoms with Crippen LogP contribution in [0.2, 0.25) is 10.0 Å². The zero-order chi connectivity index (χ0) is 15.8. The van der Waals surface area contributed by atoms with E-state index in [1.54, 1.807) is 11.0 Å². The van der Waals surface area contributed by atoms with Crippen molar-refractivity contribution >= 4 is 29.3 Å². The van der Waals surface area contributed by atoms with Crippen LogP contribution in [0.15, 0.2) is 18.2 Å². The number of carbonyl (C=O) groups excluding carboxylic acids is 1. The summed E-state index contributed by atoms with van der Waals surface area (Å²) in [4.78, 5) is 13.7. The van der Waals surface area contributed by atoms with Gasteiger partial charge in [0.1, 0.15) is 5.60 Å². The maximum Gasteiger partial charge on any atom is 0.410 e. The number of nitrogens with two attached hydrogens (primary N) is 1. The molecule has 1 amide bonds. The molecule has 2 rings (SSSR count). The van der Waals surface area contributed by atoms with Gasteiger partial charge in [-0.2, -0.15) is 0 Å². The molecule has 1 aromatic rings. The molecule has 4 nitrogen and oxygen atoms in total. The molecule has 2 N–H and O–H groups in total. The topological polar surface area (TPSA) is 55.6 Å². The van der Waals surface area contributed by atoms with Crippen molar-refractivity contribution in [3.8, 4) is 0 Å². The third-order valence-electron chi connectivity index (χ3n) is 3.39. The lowest BCUT2D eigenvalue weighted by molar-refractivity contribution is 0.0290. The summed E-state index contributed by atoms with van der Waals surface area (Å²) >= 11 is 12.0. The van der Waals surface area contributed by atoms with Crippen LogP contribution in [-0.2, 0) is 4.74 Å². The monoisotopic (exact) mass is 330 g/mol. The molecule has 2 atom stereocenters. The minimum atomic E-state index is -0.511. The zero-order valence-corrected chi connectivity index (χ0v) is 13.9. The quantitative estimate of drug-likeness (QED) is 0.854. The largest absolute Gasteiger partial charge is 0.444 e. The van der Waals surface area contributed by atoms with Crippen molar-refractivity contribution in [1.29, 1.82) is 0 Å². The molecular formula is C15H20Cl2N2O2. The van der Waals surface area contributed by atoms with Crippen molar-refractivity contribution in [3.05, 3.63) is 33.8 Å². The number of halogens is 2. The fourth-order valence-electron chi connectivity index (χ4n) is 2.40. The van der Waals surface area contributed by atoms with Crippen molar-refractivity contribution in [1.82, 2.24) is 4.90 Å². The van der Waals surface area contributed by atoms with E-state index in [0.717, 1.165) is 5.56 Å². The van der Waals surface area contributed by atoms with E-state index < -0.39 is 5.60 Å². The highest BCUT2D eigenvalue weighted by Gasteiger charge is 2.36. The summed E-state index contributed by atoms with van der Waals surface area (Å²) in [6.07, 6.45) is -0.333. The molecule has 0 aromatic heterocycles. The van der Waals surface area contributed by atoms with Crippen molar-refractivity contribution in [2.45, 2.75) is 38.3 Å². The Bertz CT molecular complexity index is 543. The first-order valence-electron chi connectivity index (χ1n) is 6.86. The number of likely N-dealkylation sites (tertiary alicyclic amines) is 1. The molecular weight excluding hydrogens is 311 g/mol. The van der Waals surface area contributed by atoms with Gasteiger partial charge in [0.25, 0.3) is 0 Å². The second-order valence-electron chi connectivity index (χ2n) is 6.33. The van der Waals surface area contributed by atoms with Gasteiger partial charge in [0.2, 0.25) is 0 Å². The Kier molecular flexibility index (Phi) is 4.71. The summed E-state index contributed by atoms with van der Waals surface area (Å²) in [6, 6.07) is 5.32. The molecule has 1 aromatic carbocycles. The van der Waals surface area contributed by atoms with Gasteiger partial charge in [0, 0.05) is 25.0 Å². The van der Waals surface area contributed by atoms with Gasteiger partial charge in [-0.15, -0.1) is 0 Å². The molecule has 0 spiro atoms. The minimum Gasteiger partial charge on any atom is -0.444 e. The molecule has 0 bridgehead atoms. The minimum absolute atomic E-state index is 0.0345. The first kappa shape index (κ1) is 16.4. The summed E-state index contributed by atoms with van der Waals surface area (Å²) in [5.74, 6) is 0.0345. The number of nitrogens with zero attached hydrogens (tertiary/aromatic N) is 1. The SMILES string of the molecule is CC(C)(C)OC(=O)N1C[C@@H](N)[C@H](c2ccc(Cl)c(Cl)c2)C1. The predicted molar refractivity (Wildman–Crippen MR) is 85.0 cm³/mol. The summed E-state index contributed by atoms with van der Waals surface area (Å²) in [6.45, 7) is 6.53. The lowest BCUT2D eigenvalue weighted by Crippen LogP contribution is -2.36. The smallest absolute Gasteiger partial charge is 0.410 e. The van der Waals surface area contributed by atoms with Crippen molar-refractivity contribution in [2.24, 2.45) is 5.73 Å². The number of hydrogen-bond acceptors (Lipinski definition) is 3. The van der Waals surface area contributed by atoms with E-state index in [4.69, 9.17) is 33.7 Å². The first-order valence-corrected chi connectivity index (χ1v) is 7.61. The highest BCUT2D eigenvalue weighted by Crippen LogP contribution is 2.31. The summed E-state index contributed by atoms with van der Waals surface area (Å²) < 4.78 is 5.38. The van der Waals surface area contributed by atoms with E-state index in [1.807, 2.05) is 32.9 Å². The predicted octanol–water partition coefficient (Wildman–Crippen LogP) is 3.66. The van der Waals surface area contributed by atoms with Crippen LogP contribution in [0.25, 0.3) is 0 Å². The van der Waals surface area contributed by atoms with Gasteiger partial charge in [0.05, 0.1) is 10.0 Å². The van der Waals surface area contributed by atoms with Crippen LogP contribution in [0.4, 0.5) is 4.79 Å². The Balaban J connectivity index is 2.10. The Hall–Kier alpha value is -0.970. The van der Waals surface area contributed by atoms with Crippen LogP contribution >= 0.6 is 23.2 Å². The van der Waals surface area contributed by atoms with E-state index in [1.165, 1.54) is 0 Å². The highest BCUT2D eigenvalue weighted by molar-refractivity contribution is 6.42. The van der Waals surface area contributed by atoms with E-state index in [9.17, 15) is 4.79 Å². The summed E-state index contributed by atoms with van der Waals surface area (Å²) in [5.41, 5.74) is 6.64. The number of ether oxygens (including phenoxy) is 1. The van der Waals surface area contributed by atoms with Gasteiger partial charge < -0.3 is 15.4 Å². The van der Waals surface area contributed by atoms with Crippen LogP contribution in [-0.4, -0.2) is 35.7 Å². The van der Waals surface area contributed by atoms with Gasteiger partial charge >= 0.3 is 6.09 Å². The number of rotatable bonds is 1. The fraction of sp³-hybridized carbons (Fsp3) is 0.533. The Morgan fingerprint density at radius 3 is 2.52 bits per heavy atom. The number of benzene rings is 1. The maximum absolute atomic E-state index is 12.1. The van der Waals surface area contributed by atoms with Crippen LogP contribution in [0, 0.1) is 0 Å². The number of carbonyl (C=O) groups is 1. The normalized spacial score (nSPS) is 22.5. The molecule has 0 unspecified atom stereocenters. The van der Waals surface area contributed by atoms with Crippen LogP contribution in [0.5, 0.6) is 0 Å². The Morgan fingerprint density at radius 2 is 1.95 bits per heavy atom. The average Bonchev–Trinajstić information content (AvgIpc) is 2.73. The molecule has 0 radical (unpaired) electrons. The van der Waals surface area contributed by atoms with Gasteiger partial charge in [-0.1, -0.05) is 29.3 Å². The molecule has 0 saturated carbocycles. The summed E-state index contributed by atoms with van der Waals surface area (Å²) in [5, 5.41) is 1.01. The van der Waals surface area contributed by atoms with Crippen molar-refractivity contribution in [3.63, 3.8) is 0 Å². The molecule has 116 valence electrons. The van der Waals surface area contributed by atoms with E-state index in [0.29, 0.717) is 23.1 Å². The fourth-order valence-corrected chi connectivity index (χ4v) is 2.71. The van der Waals surface area contributed by atoms with Crippen molar-refractivity contribution < 1.29 is 9.53 Å². The van der Waals surface area contributed by atoms with Crippen LogP contribution in [0.3, 0.4) is 0 Å². The van der Waals surface area contributed by atoms with Gasteiger partial charge in [-0.3, -0.25) is 0 Å². The Labute approximate surface area is 135 Å². The zero-order valence-electron chi connectivity index (χ0n) is 12.4. The molecule has 1 aliphatic heterocycles. The second-order valence-corrected chi connectivity index (χ2v) is 7.14. The van der Waals surface area contributed by atoms with Gasteiger partial charge in [-0.25, -0.2) is 4.79 Å². The van der Waals surface area contributed by atoms with Crippen molar-refractivity contribution in [2.75, 3.05) is 13.1 Å². The van der Waals surface area contributed by atoms with E-state index >= 15 is 0 Å². The van der Waals surface area contributed by atoms with Gasteiger partial charge in [-0.05, 0) is 38.5 Å². The third kappa shape index (κ3) is 4.02. The lowest BCUT2D eigenvalue weighted by atomic mass is 9.95. The van der Waals surface area contributed by atoms with E-state index in [2.05, 4.69) is 0 Å². The average molecular weight is 331 g/mol. The number of amides is 1. The van der Waals surface area contributed by atoms with Crippen LogP contribution in [0.1, 0.15) is 32.3 Å². The number of hydrogen-bond donors (Lipinski definition) is 1. The molecule has 6 heteroatoms. The third-order valence-corrected chi connectivity index (χ3v) is 4.13. The lowest BCUT2D eigenvalue weighted by Gasteiger charge is -2.24. The van der Waals surface area contributed by atoms with Crippen LogP contribution < -0.4 is 5.73 Å². The molecule has 1 heterocycles. The van der Waals surface area contributed by atoms with E-state index in [-0.39, 0.29) is 18.1 Å². The molecule has 1 fully saturated rings. The maximum atomic E-state index is 12.1. The molecule has 1 aliphatic rings. The molecule has 21 heavy (non-hydrogen) atoms. The standard InChI is InChI=1S/C15H20Cl2N2O2/c1-15(2,3)21-14(20)19-7-10(13(18)8-19)9-4-5-11(16)12(17)6-9/h4-6,10,13H,7-8,18H2,1-3H3/t10-,13+/m0/s1. The summed E-state index contributed by atoms with van der Waals surface area (Å²) in [7, 11) is 0.